The summed E-state index contributed by atoms with van der Waals surface area (Å²) >= 11 is 0. The van der Waals surface area contributed by atoms with E-state index in [4.69, 9.17) is 9.84 Å². The van der Waals surface area contributed by atoms with E-state index >= 15 is 0 Å². The van der Waals surface area contributed by atoms with Gasteiger partial charge in [0.15, 0.2) is 0 Å². The molecule has 26 heavy (non-hydrogen) atoms. The van der Waals surface area contributed by atoms with Crippen LogP contribution in [0.1, 0.15) is 96.3 Å². The van der Waals surface area contributed by atoms with E-state index in [9.17, 15) is 4.79 Å². The van der Waals surface area contributed by atoms with Crippen molar-refractivity contribution in [2.45, 2.75) is 96.3 Å². The van der Waals surface area contributed by atoms with Crippen molar-refractivity contribution >= 4 is 5.97 Å². The molecule has 3 nitrogen and oxygen atoms in total. The molecule has 150 valence electrons. The normalized spacial score (nSPS) is 11.4. The number of hydrogen-bond acceptors (Lipinski definition) is 3. The van der Waals surface area contributed by atoms with Crippen molar-refractivity contribution in [1.29, 1.82) is 0 Å². The first kappa shape index (κ1) is 24.5. The molecular formula is C23H40O3. The van der Waals surface area contributed by atoms with Gasteiger partial charge in [0, 0.05) is 6.42 Å². The fraction of sp³-hybridized carbons (Fsp3) is 0.696. The second-order valence-corrected chi connectivity index (χ2v) is 6.83. The van der Waals surface area contributed by atoms with Gasteiger partial charge in [0.2, 0.25) is 0 Å². The predicted molar refractivity (Wildman–Crippen MR) is 111 cm³/mol. The molecule has 3 heteroatoms. The van der Waals surface area contributed by atoms with Gasteiger partial charge >= 0.3 is 5.97 Å². The molecule has 0 unspecified atom stereocenters. The molecule has 0 heterocycles. The molecule has 0 aromatic rings. The van der Waals surface area contributed by atoms with Gasteiger partial charge in [-0.25, -0.2) is 0 Å². The molecule has 0 fully saturated rings. The van der Waals surface area contributed by atoms with Crippen molar-refractivity contribution in [3.8, 4) is 0 Å². The summed E-state index contributed by atoms with van der Waals surface area (Å²) in [4.78, 5) is 11.3. The van der Waals surface area contributed by atoms with Crippen LogP contribution in [0.2, 0.25) is 0 Å². The van der Waals surface area contributed by atoms with Crippen molar-refractivity contribution in [3.05, 3.63) is 37.1 Å². The van der Waals surface area contributed by atoms with Gasteiger partial charge < -0.3 is 9.84 Å². The van der Waals surface area contributed by atoms with Crippen LogP contribution in [0, 0.1) is 0 Å². The van der Waals surface area contributed by atoms with Crippen molar-refractivity contribution < 1.29 is 14.6 Å². The molecule has 0 aliphatic rings. The monoisotopic (exact) mass is 364 g/mol. The first-order chi connectivity index (χ1) is 12.8. The molecule has 0 aliphatic heterocycles. The summed E-state index contributed by atoms with van der Waals surface area (Å²) in [6.07, 6.45) is 26.8. The Morgan fingerprint density at radius 2 is 1.23 bits per heavy atom. The summed E-state index contributed by atoms with van der Waals surface area (Å²) in [5.41, 5.74) is 0. The maximum absolute atomic E-state index is 11.3. The summed E-state index contributed by atoms with van der Waals surface area (Å²) in [5.74, 6) is -0.178. The lowest BCUT2D eigenvalue weighted by molar-refractivity contribution is -0.142. The van der Waals surface area contributed by atoms with Gasteiger partial charge in [0.25, 0.3) is 0 Å². The van der Waals surface area contributed by atoms with Gasteiger partial charge in [-0.2, -0.15) is 0 Å². The number of esters is 1. The predicted octanol–water partition coefficient (Wildman–Crippen LogP) is 7.20. The lowest BCUT2D eigenvalue weighted by Gasteiger charge is -2.02. The Morgan fingerprint density at radius 3 is 1.77 bits per heavy atom. The average Bonchev–Trinajstić information content (AvgIpc) is 2.64. The third kappa shape index (κ3) is 20.5. The number of ether oxygens (including phenoxy) is 1. The molecule has 0 saturated carbocycles. The molecule has 1 N–H and O–H groups in total. The number of aliphatic hydroxyl groups excluding tert-OH is 1. The number of carbonyl (C=O) groups excluding carboxylic acids is 1. The molecule has 0 aliphatic carbocycles. The van der Waals surface area contributed by atoms with Crippen LogP contribution >= 0.6 is 0 Å². The van der Waals surface area contributed by atoms with Crippen molar-refractivity contribution in [1.82, 2.24) is 0 Å². The van der Waals surface area contributed by atoms with Crippen LogP contribution in [0.5, 0.6) is 0 Å². The number of unbranched alkanes of at least 4 members (excludes halogenated alkanes) is 12. The lowest BCUT2D eigenvalue weighted by Crippen LogP contribution is -2.03. The van der Waals surface area contributed by atoms with Gasteiger partial charge in [0.05, 0.1) is 6.26 Å². The Hall–Kier alpha value is -1.51. The molecule has 0 rings (SSSR count). The van der Waals surface area contributed by atoms with E-state index in [2.05, 4.69) is 18.7 Å². The molecule has 0 aromatic heterocycles. The van der Waals surface area contributed by atoms with E-state index in [0.717, 1.165) is 19.1 Å². The second kappa shape index (κ2) is 21.5. The Balaban J connectivity index is 3.19. The first-order valence-corrected chi connectivity index (χ1v) is 10.5. The first-order valence-electron chi connectivity index (χ1n) is 10.5. The Morgan fingerprint density at radius 1 is 0.731 bits per heavy atom. The molecular weight excluding hydrogens is 324 g/mol. The fourth-order valence-corrected chi connectivity index (χ4v) is 2.81. The highest BCUT2D eigenvalue weighted by atomic mass is 16.5. The zero-order valence-electron chi connectivity index (χ0n) is 16.7. The van der Waals surface area contributed by atoms with Crippen molar-refractivity contribution in [2.24, 2.45) is 0 Å². The van der Waals surface area contributed by atoms with Crippen LogP contribution < -0.4 is 0 Å². The number of hydrogen-bond donors (Lipinski definition) is 1. The minimum Gasteiger partial charge on any atom is -0.516 e. The summed E-state index contributed by atoms with van der Waals surface area (Å²) in [7, 11) is 0. The summed E-state index contributed by atoms with van der Waals surface area (Å²) < 4.78 is 4.91. The topological polar surface area (TPSA) is 46.5 Å². The average molecular weight is 365 g/mol. The van der Waals surface area contributed by atoms with Crippen LogP contribution in [0.3, 0.4) is 0 Å². The zero-order valence-corrected chi connectivity index (χ0v) is 16.7. The van der Waals surface area contributed by atoms with E-state index in [1.165, 1.54) is 83.1 Å². The molecule has 0 radical (unpaired) electrons. The van der Waals surface area contributed by atoms with E-state index < -0.39 is 0 Å². The highest BCUT2D eigenvalue weighted by Gasteiger charge is 2.00. The van der Waals surface area contributed by atoms with Crippen LogP contribution in [0.25, 0.3) is 0 Å². The van der Waals surface area contributed by atoms with Gasteiger partial charge in [-0.05, 0) is 51.0 Å². The SMILES string of the molecule is C=CCCCCCCCC/C=C\CCCCCCCC(=O)OCC=CO. The molecule has 0 saturated heterocycles. The lowest BCUT2D eigenvalue weighted by atomic mass is 10.1. The van der Waals surface area contributed by atoms with Crippen LogP contribution in [0.15, 0.2) is 37.1 Å². The zero-order chi connectivity index (χ0) is 19.1. The minimum absolute atomic E-state index is 0.164. The maximum atomic E-state index is 11.3. The Kier molecular flexibility index (Phi) is 20.3. The minimum atomic E-state index is -0.178. The van der Waals surface area contributed by atoms with Crippen molar-refractivity contribution in [2.75, 3.05) is 6.61 Å². The van der Waals surface area contributed by atoms with Gasteiger partial charge in [0.1, 0.15) is 6.61 Å². The van der Waals surface area contributed by atoms with Gasteiger partial charge in [-0.1, -0.05) is 63.2 Å². The maximum Gasteiger partial charge on any atom is 0.306 e. The van der Waals surface area contributed by atoms with E-state index in [1.54, 1.807) is 0 Å². The highest BCUT2D eigenvalue weighted by molar-refractivity contribution is 5.69. The van der Waals surface area contributed by atoms with E-state index in [0.29, 0.717) is 6.42 Å². The highest BCUT2D eigenvalue weighted by Crippen LogP contribution is 2.10. The molecule has 0 aromatic carbocycles. The van der Waals surface area contributed by atoms with E-state index in [1.807, 2.05) is 6.08 Å². The smallest absolute Gasteiger partial charge is 0.306 e. The van der Waals surface area contributed by atoms with E-state index in [-0.39, 0.29) is 12.6 Å². The van der Waals surface area contributed by atoms with Crippen molar-refractivity contribution in [3.63, 3.8) is 0 Å². The quantitative estimate of drug-likeness (QED) is 0.114. The van der Waals surface area contributed by atoms with Gasteiger partial charge in [-0.15, -0.1) is 6.58 Å². The number of carbonyl (C=O) groups is 1. The summed E-state index contributed by atoms with van der Waals surface area (Å²) in [5, 5.41) is 8.43. The Labute approximate surface area is 161 Å². The van der Waals surface area contributed by atoms with Crippen LogP contribution in [-0.2, 0) is 9.53 Å². The second-order valence-electron chi connectivity index (χ2n) is 6.83. The molecule has 0 amide bonds. The van der Waals surface area contributed by atoms with Gasteiger partial charge in [-0.3, -0.25) is 4.79 Å². The summed E-state index contributed by atoms with van der Waals surface area (Å²) in [6.45, 7) is 3.92. The number of rotatable bonds is 19. The van der Waals surface area contributed by atoms with Crippen LogP contribution in [-0.4, -0.2) is 17.7 Å². The third-order valence-electron chi connectivity index (χ3n) is 4.39. The Bertz CT molecular complexity index is 372. The van der Waals surface area contributed by atoms with Crippen LogP contribution in [0.4, 0.5) is 0 Å². The molecule has 0 atom stereocenters. The number of aliphatic hydroxyl groups is 1. The fourth-order valence-electron chi connectivity index (χ4n) is 2.81. The molecule has 0 spiro atoms. The summed E-state index contributed by atoms with van der Waals surface area (Å²) in [6, 6.07) is 0. The number of allylic oxidation sites excluding steroid dienone is 3. The largest absolute Gasteiger partial charge is 0.516 e. The standard InChI is InChI=1S/C23H40O3/c1-2-3-4-5-6-7-8-9-10-11-12-13-14-15-16-17-18-20-23(25)26-22-19-21-24/h2,11-12,19,21,24H,1,3-10,13-18,20,22H2/b12-11-,21-19?. The third-order valence-corrected chi connectivity index (χ3v) is 4.39. The molecule has 0 bridgehead atoms.